The first-order valence-electron chi connectivity index (χ1n) is 9.54. The van der Waals surface area contributed by atoms with Crippen LogP contribution in [0.1, 0.15) is 19.3 Å². The number of carbonyl (C=O) groups is 1. The summed E-state index contributed by atoms with van der Waals surface area (Å²) in [6.45, 7) is 3.24. The number of carbonyl (C=O) groups excluding carboxylic acids is 1. The molecule has 0 aromatic heterocycles. The average molecular weight is 383 g/mol. The van der Waals surface area contributed by atoms with Crippen LogP contribution in [0.5, 0.6) is 5.75 Å². The number of nitro benzene ring substituents is 1. The quantitative estimate of drug-likeness (QED) is 0.555. The number of benzene rings is 2. The Kier molecular flexibility index (Phi) is 6.97. The molecule has 1 atom stereocenters. The highest BCUT2D eigenvalue weighted by Gasteiger charge is 2.21. The van der Waals surface area contributed by atoms with Gasteiger partial charge in [-0.15, -0.1) is 0 Å². The predicted octanol–water partition coefficient (Wildman–Crippen LogP) is 3.71. The second-order valence-electron chi connectivity index (χ2n) is 7.04. The normalized spacial score (nSPS) is 17.1. The van der Waals surface area contributed by atoms with Crippen LogP contribution in [0.15, 0.2) is 54.6 Å². The molecule has 1 aliphatic heterocycles. The van der Waals surface area contributed by atoms with Crippen molar-refractivity contribution in [1.82, 2.24) is 4.90 Å². The topological polar surface area (TPSA) is 84.7 Å². The number of para-hydroxylation sites is 1. The first kappa shape index (κ1) is 19.8. The van der Waals surface area contributed by atoms with E-state index in [1.54, 1.807) is 12.1 Å². The third kappa shape index (κ3) is 6.06. The molecule has 7 nitrogen and oxygen atoms in total. The largest absolute Gasteiger partial charge is 0.493 e. The molecule has 1 heterocycles. The van der Waals surface area contributed by atoms with E-state index in [1.165, 1.54) is 12.1 Å². The first-order valence-corrected chi connectivity index (χ1v) is 9.54. The monoisotopic (exact) mass is 383 g/mol. The number of hydrogen-bond donors (Lipinski definition) is 1. The summed E-state index contributed by atoms with van der Waals surface area (Å²) in [6.07, 6.45) is 2.58. The van der Waals surface area contributed by atoms with Gasteiger partial charge in [0.1, 0.15) is 5.75 Å². The van der Waals surface area contributed by atoms with Gasteiger partial charge in [0.05, 0.1) is 11.5 Å². The highest BCUT2D eigenvalue weighted by Crippen LogP contribution is 2.20. The Labute approximate surface area is 164 Å². The lowest BCUT2D eigenvalue weighted by Gasteiger charge is -2.32. The van der Waals surface area contributed by atoms with E-state index in [2.05, 4.69) is 10.2 Å². The van der Waals surface area contributed by atoms with Crippen LogP contribution in [0.2, 0.25) is 0 Å². The summed E-state index contributed by atoms with van der Waals surface area (Å²) in [4.78, 5) is 24.8. The maximum Gasteiger partial charge on any atom is 0.271 e. The molecule has 1 fully saturated rings. The van der Waals surface area contributed by atoms with E-state index in [1.807, 2.05) is 30.3 Å². The smallest absolute Gasteiger partial charge is 0.271 e. The zero-order valence-corrected chi connectivity index (χ0v) is 15.8. The van der Waals surface area contributed by atoms with E-state index in [0.717, 1.165) is 31.7 Å². The molecule has 2 aromatic carbocycles. The van der Waals surface area contributed by atoms with Gasteiger partial charge >= 0.3 is 0 Å². The number of likely N-dealkylation sites (tertiary alicyclic amines) is 1. The van der Waals surface area contributed by atoms with E-state index in [-0.39, 0.29) is 11.6 Å². The fourth-order valence-electron chi connectivity index (χ4n) is 3.40. The predicted molar refractivity (Wildman–Crippen MR) is 107 cm³/mol. The van der Waals surface area contributed by atoms with Crippen LogP contribution < -0.4 is 10.1 Å². The van der Waals surface area contributed by atoms with Gasteiger partial charge in [-0.3, -0.25) is 14.9 Å². The fraction of sp³-hybridized carbons (Fsp3) is 0.381. The van der Waals surface area contributed by atoms with Crippen LogP contribution >= 0.6 is 0 Å². The zero-order valence-electron chi connectivity index (χ0n) is 15.8. The van der Waals surface area contributed by atoms with E-state index < -0.39 is 4.92 Å². The first-order chi connectivity index (χ1) is 13.6. The molecular weight excluding hydrogens is 358 g/mol. The number of ether oxygens (including phenoxy) is 1. The van der Waals surface area contributed by atoms with Gasteiger partial charge in [-0.05, 0) is 37.6 Å². The summed E-state index contributed by atoms with van der Waals surface area (Å²) in [7, 11) is 0. The average Bonchev–Trinajstić information content (AvgIpc) is 2.72. The highest BCUT2D eigenvalue weighted by molar-refractivity contribution is 5.91. The minimum absolute atomic E-state index is 0.0323. The Balaban J connectivity index is 1.41. The molecule has 0 spiro atoms. The van der Waals surface area contributed by atoms with Crippen molar-refractivity contribution < 1.29 is 14.5 Å². The number of nitrogens with one attached hydrogen (secondary N) is 1. The van der Waals surface area contributed by atoms with Gasteiger partial charge in [0.25, 0.3) is 5.69 Å². The molecule has 0 saturated carbocycles. The number of non-ortho nitro benzene ring substituents is 1. The Morgan fingerprint density at radius 2 is 2.04 bits per heavy atom. The van der Waals surface area contributed by atoms with Crippen LogP contribution in [0.25, 0.3) is 0 Å². The minimum Gasteiger partial charge on any atom is -0.493 e. The summed E-state index contributed by atoms with van der Waals surface area (Å²) in [5.41, 5.74) is 0.419. The van der Waals surface area contributed by atoms with Crippen molar-refractivity contribution in [1.29, 1.82) is 0 Å². The summed E-state index contributed by atoms with van der Waals surface area (Å²) in [5.74, 6) is 1.20. The lowest BCUT2D eigenvalue weighted by molar-refractivity contribution is -0.384. The zero-order chi connectivity index (χ0) is 19.8. The van der Waals surface area contributed by atoms with Crippen LogP contribution in [0.3, 0.4) is 0 Å². The second kappa shape index (κ2) is 9.85. The molecule has 0 aliphatic carbocycles. The molecule has 7 heteroatoms. The van der Waals surface area contributed by atoms with Crippen molar-refractivity contribution >= 4 is 17.3 Å². The number of anilines is 1. The fourth-order valence-corrected chi connectivity index (χ4v) is 3.40. The molecule has 1 unspecified atom stereocenters. The number of hydrogen-bond acceptors (Lipinski definition) is 5. The number of nitro groups is 1. The standard InChI is InChI=1S/C21H25N3O4/c25-21(22-18-7-4-8-19(14-18)24(26)27)11-13-23-12-5-6-17(15-23)16-28-20-9-2-1-3-10-20/h1-4,7-10,14,17H,5-6,11-13,15-16H2,(H,22,25). The molecule has 1 amide bonds. The molecular formula is C21H25N3O4. The van der Waals surface area contributed by atoms with E-state index in [4.69, 9.17) is 4.74 Å². The molecule has 0 bridgehead atoms. The van der Waals surface area contributed by atoms with Crippen molar-refractivity contribution in [2.45, 2.75) is 19.3 Å². The van der Waals surface area contributed by atoms with Crippen molar-refractivity contribution in [3.8, 4) is 5.75 Å². The van der Waals surface area contributed by atoms with Crippen LogP contribution in [0, 0.1) is 16.0 Å². The third-order valence-corrected chi connectivity index (χ3v) is 4.83. The molecule has 1 aliphatic rings. The summed E-state index contributed by atoms with van der Waals surface area (Å²) in [6, 6.07) is 15.8. The van der Waals surface area contributed by atoms with Crippen molar-refractivity contribution in [3.63, 3.8) is 0 Å². The molecule has 2 aromatic rings. The van der Waals surface area contributed by atoms with Gasteiger partial charge in [0.2, 0.25) is 5.91 Å². The maximum atomic E-state index is 12.2. The Morgan fingerprint density at radius 3 is 2.82 bits per heavy atom. The molecule has 0 radical (unpaired) electrons. The van der Waals surface area contributed by atoms with Gasteiger partial charge in [-0.1, -0.05) is 24.3 Å². The molecule has 1 saturated heterocycles. The van der Waals surface area contributed by atoms with Gasteiger partial charge in [0, 0.05) is 43.2 Å². The molecule has 28 heavy (non-hydrogen) atoms. The van der Waals surface area contributed by atoms with Gasteiger partial charge in [-0.25, -0.2) is 0 Å². The van der Waals surface area contributed by atoms with Gasteiger partial charge in [-0.2, -0.15) is 0 Å². The number of amides is 1. The number of piperidine rings is 1. The second-order valence-corrected chi connectivity index (χ2v) is 7.04. The van der Waals surface area contributed by atoms with Crippen LogP contribution in [-0.2, 0) is 4.79 Å². The van der Waals surface area contributed by atoms with E-state index in [0.29, 0.717) is 31.2 Å². The van der Waals surface area contributed by atoms with Gasteiger partial charge in [0.15, 0.2) is 0 Å². The summed E-state index contributed by atoms with van der Waals surface area (Å²) < 4.78 is 5.87. The lowest BCUT2D eigenvalue weighted by atomic mass is 9.99. The van der Waals surface area contributed by atoms with E-state index in [9.17, 15) is 14.9 Å². The Bertz CT molecular complexity index is 797. The SMILES string of the molecule is O=C(CCN1CCCC(COc2ccccc2)C1)Nc1cccc([N+](=O)[O-])c1. The molecule has 148 valence electrons. The lowest BCUT2D eigenvalue weighted by Crippen LogP contribution is -2.39. The maximum absolute atomic E-state index is 12.2. The third-order valence-electron chi connectivity index (χ3n) is 4.83. The van der Waals surface area contributed by atoms with Crippen molar-refractivity contribution in [3.05, 3.63) is 64.7 Å². The van der Waals surface area contributed by atoms with Gasteiger partial charge < -0.3 is 15.0 Å². The minimum atomic E-state index is -0.471. The van der Waals surface area contributed by atoms with E-state index >= 15 is 0 Å². The van der Waals surface area contributed by atoms with Crippen molar-refractivity contribution in [2.75, 3.05) is 31.6 Å². The summed E-state index contributed by atoms with van der Waals surface area (Å²) in [5, 5.41) is 13.6. The highest BCUT2D eigenvalue weighted by atomic mass is 16.6. The summed E-state index contributed by atoms with van der Waals surface area (Å²) >= 11 is 0. The Morgan fingerprint density at radius 1 is 1.21 bits per heavy atom. The number of nitrogens with zero attached hydrogens (tertiary/aromatic N) is 2. The number of rotatable bonds is 8. The van der Waals surface area contributed by atoms with Crippen LogP contribution in [0.4, 0.5) is 11.4 Å². The molecule has 1 N–H and O–H groups in total. The Hall–Kier alpha value is -2.93. The molecule has 3 rings (SSSR count). The van der Waals surface area contributed by atoms with Crippen LogP contribution in [-0.4, -0.2) is 42.0 Å². The van der Waals surface area contributed by atoms with Crippen molar-refractivity contribution in [2.24, 2.45) is 5.92 Å².